The summed E-state index contributed by atoms with van der Waals surface area (Å²) in [5.74, 6) is 0.621. The Hall–Kier alpha value is -1.17. The summed E-state index contributed by atoms with van der Waals surface area (Å²) in [4.78, 5) is 6.50. The Balaban J connectivity index is 1.58. The van der Waals surface area contributed by atoms with Gasteiger partial charge in [0.25, 0.3) is 0 Å². The minimum atomic E-state index is -0.277. The Bertz CT molecular complexity index is 444. The summed E-state index contributed by atoms with van der Waals surface area (Å²) >= 11 is 0. The Labute approximate surface area is 113 Å². The molecule has 1 aromatic rings. The van der Waals surface area contributed by atoms with E-state index in [1.807, 2.05) is 12.1 Å². The molecule has 0 saturated carbocycles. The van der Waals surface area contributed by atoms with Crippen molar-refractivity contribution in [2.45, 2.75) is 37.5 Å². The monoisotopic (exact) mass is 263 g/mol. The molecule has 3 heterocycles. The van der Waals surface area contributed by atoms with Crippen molar-refractivity contribution < 1.29 is 9.84 Å². The number of rotatable bonds is 2. The fraction of sp³-hybridized carbons (Fsp3) is 0.643. The number of nitrogen functional groups attached to an aromatic ring is 1. The molecule has 1 aromatic heterocycles. The molecule has 19 heavy (non-hydrogen) atoms. The highest BCUT2D eigenvalue weighted by Gasteiger charge is 2.42. The summed E-state index contributed by atoms with van der Waals surface area (Å²) in [7, 11) is 0. The quantitative estimate of drug-likeness (QED) is 0.825. The summed E-state index contributed by atoms with van der Waals surface area (Å²) in [5, 5.41) is 9.62. The van der Waals surface area contributed by atoms with Gasteiger partial charge in [0.1, 0.15) is 5.82 Å². The van der Waals surface area contributed by atoms with E-state index in [1.165, 1.54) is 0 Å². The van der Waals surface area contributed by atoms with Crippen LogP contribution < -0.4 is 5.73 Å². The summed E-state index contributed by atoms with van der Waals surface area (Å²) in [6.07, 6.45) is 4.21. The first-order valence-corrected chi connectivity index (χ1v) is 6.91. The van der Waals surface area contributed by atoms with Crippen molar-refractivity contribution in [1.82, 2.24) is 9.88 Å². The molecule has 0 aliphatic carbocycles. The smallest absolute Gasteiger partial charge is 0.127 e. The molecule has 3 rings (SSSR count). The first-order valence-electron chi connectivity index (χ1n) is 6.91. The Morgan fingerprint density at radius 2 is 2.26 bits per heavy atom. The van der Waals surface area contributed by atoms with Crippen LogP contribution in [0.5, 0.6) is 0 Å². The van der Waals surface area contributed by atoms with Gasteiger partial charge in [-0.15, -0.1) is 0 Å². The second-order valence-electron chi connectivity index (χ2n) is 5.68. The zero-order valence-electron chi connectivity index (χ0n) is 11.1. The molecule has 104 valence electrons. The van der Waals surface area contributed by atoms with Crippen molar-refractivity contribution in [3.8, 4) is 0 Å². The number of aromatic nitrogens is 1. The lowest BCUT2D eigenvalue weighted by molar-refractivity contribution is -0.0456. The van der Waals surface area contributed by atoms with Crippen molar-refractivity contribution in [2.75, 3.05) is 25.4 Å². The number of nitrogens with zero attached hydrogens (tertiary/aromatic N) is 2. The molecule has 0 amide bonds. The number of pyridine rings is 1. The van der Waals surface area contributed by atoms with Crippen LogP contribution in [0.25, 0.3) is 0 Å². The number of anilines is 1. The molecule has 0 aromatic carbocycles. The number of hydrogen-bond donors (Lipinski definition) is 2. The van der Waals surface area contributed by atoms with Gasteiger partial charge >= 0.3 is 0 Å². The van der Waals surface area contributed by atoms with Gasteiger partial charge in [0, 0.05) is 37.8 Å². The van der Waals surface area contributed by atoms with E-state index in [0.29, 0.717) is 12.4 Å². The van der Waals surface area contributed by atoms with Crippen LogP contribution in [-0.4, -0.2) is 46.4 Å². The Kier molecular flexibility index (Phi) is 3.43. The number of aliphatic hydroxyl groups excluding tert-OH is 1. The average molecular weight is 263 g/mol. The van der Waals surface area contributed by atoms with E-state index in [9.17, 15) is 5.11 Å². The number of piperidine rings is 1. The van der Waals surface area contributed by atoms with Crippen molar-refractivity contribution in [3.05, 3.63) is 23.9 Å². The number of hydrogen-bond acceptors (Lipinski definition) is 5. The van der Waals surface area contributed by atoms with E-state index in [1.54, 1.807) is 6.20 Å². The van der Waals surface area contributed by atoms with Gasteiger partial charge < -0.3 is 15.6 Å². The third-order valence-corrected chi connectivity index (χ3v) is 4.28. The number of likely N-dealkylation sites (tertiary alicyclic amines) is 1. The fourth-order valence-electron chi connectivity index (χ4n) is 3.11. The highest BCUT2D eigenvalue weighted by atomic mass is 16.5. The van der Waals surface area contributed by atoms with Crippen LogP contribution in [0.4, 0.5) is 5.82 Å². The maximum absolute atomic E-state index is 9.62. The molecule has 2 fully saturated rings. The van der Waals surface area contributed by atoms with Gasteiger partial charge in [0.05, 0.1) is 18.3 Å². The molecule has 0 bridgehead atoms. The number of ether oxygens (including phenoxy) is 1. The van der Waals surface area contributed by atoms with Gasteiger partial charge in [0.2, 0.25) is 0 Å². The van der Waals surface area contributed by atoms with Crippen LogP contribution in [0.2, 0.25) is 0 Å². The lowest BCUT2D eigenvalue weighted by Gasteiger charge is -2.38. The summed E-state index contributed by atoms with van der Waals surface area (Å²) in [6.45, 7) is 3.32. The fourth-order valence-corrected chi connectivity index (χ4v) is 3.11. The van der Waals surface area contributed by atoms with Crippen molar-refractivity contribution >= 4 is 5.82 Å². The standard InChI is InChI=1S/C14H21N3O2/c15-13-11(2-1-5-16-13)9-17-6-3-14(4-7-17)8-12(18)10-19-14/h1-2,5,12,18H,3-4,6-10H2,(H2,15,16)/t12-/m0/s1. The normalized spacial score (nSPS) is 26.9. The zero-order valence-corrected chi connectivity index (χ0v) is 11.1. The third-order valence-electron chi connectivity index (χ3n) is 4.28. The summed E-state index contributed by atoms with van der Waals surface area (Å²) < 4.78 is 5.80. The molecule has 2 saturated heterocycles. The molecule has 3 N–H and O–H groups in total. The van der Waals surface area contributed by atoms with Crippen molar-refractivity contribution in [3.63, 3.8) is 0 Å². The maximum Gasteiger partial charge on any atom is 0.127 e. The zero-order chi connectivity index (χ0) is 13.3. The predicted molar refractivity (Wildman–Crippen MR) is 72.5 cm³/mol. The van der Waals surface area contributed by atoms with Gasteiger partial charge in [0.15, 0.2) is 0 Å². The van der Waals surface area contributed by atoms with E-state index in [2.05, 4.69) is 9.88 Å². The van der Waals surface area contributed by atoms with Crippen LogP contribution in [-0.2, 0) is 11.3 Å². The Morgan fingerprint density at radius 1 is 1.47 bits per heavy atom. The number of nitrogens with two attached hydrogens (primary N) is 1. The van der Waals surface area contributed by atoms with Gasteiger partial charge in [-0.05, 0) is 18.9 Å². The van der Waals surface area contributed by atoms with Gasteiger partial charge in [-0.2, -0.15) is 0 Å². The number of aliphatic hydroxyl groups is 1. The predicted octanol–water partition coefficient (Wildman–Crippen LogP) is 0.780. The average Bonchev–Trinajstić information content (AvgIpc) is 2.77. The van der Waals surface area contributed by atoms with Crippen molar-refractivity contribution in [1.29, 1.82) is 0 Å². The second-order valence-corrected chi connectivity index (χ2v) is 5.68. The molecule has 2 aliphatic rings. The molecule has 1 atom stereocenters. The minimum Gasteiger partial charge on any atom is -0.391 e. The van der Waals surface area contributed by atoms with Crippen LogP contribution in [0.1, 0.15) is 24.8 Å². The second kappa shape index (κ2) is 5.07. The minimum absolute atomic E-state index is 0.0730. The van der Waals surface area contributed by atoms with Crippen LogP contribution >= 0.6 is 0 Å². The van der Waals surface area contributed by atoms with Gasteiger partial charge in [-0.1, -0.05) is 6.07 Å². The molecule has 2 aliphatic heterocycles. The highest BCUT2D eigenvalue weighted by Crippen LogP contribution is 2.36. The van der Waals surface area contributed by atoms with Crippen LogP contribution in [0, 0.1) is 0 Å². The molecule has 5 heteroatoms. The summed E-state index contributed by atoms with van der Waals surface area (Å²) in [5.41, 5.74) is 6.89. The van der Waals surface area contributed by atoms with E-state index in [4.69, 9.17) is 10.5 Å². The van der Waals surface area contributed by atoms with Gasteiger partial charge in [-0.3, -0.25) is 4.90 Å². The van der Waals surface area contributed by atoms with E-state index in [-0.39, 0.29) is 11.7 Å². The molecule has 5 nitrogen and oxygen atoms in total. The third kappa shape index (κ3) is 2.73. The molecular formula is C14H21N3O2. The lowest BCUT2D eigenvalue weighted by Crippen LogP contribution is -2.43. The molecule has 1 spiro atoms. The topological polar surface area (TPSA) is 71.6 Å². The van der Waals surface area contributed by atoms with Crippen LogP contribution in [0.3, 0.4) is 0 Å². The lowest BCUT2D eigenvalue weighted by atomic mass is 9.88. The summed E-state index contributed by atoms with van der Waals surface area (Å²) in [6, 6.07) is 3.95. The largest absolute Gasteiger partial charge is 0.391 e. The van der Waals surface area contributed by atoms with E-state index < -0.39 is 0 Å². The molecular weight excluding hydrogens is 242 g/mol. The highest BCUT2D eigenvalue weighted by molar-refractivity contribution is 5.38. The Morgan fingerprint density at radius 3 is 2.89 bits per heavy atom. The maximum atomic E-state index is 9.62. The van der Waals surface area contributed by atoms with E-state index in [0.717, 1.165) is 44.5 Å². The van der Waals surface area contributed by atoms with Crippen LogP contribution in [0.15, 0.2) is 18.3 Å². The first-order chi connectivity index (χ1) is 9.17. The molecule has 0 unspecified atom stereocenters. The van der Waals surface area contributed by atoms with Gasteiger partial charge in [-0.25, -0.2) is 4.98 Å². The van der Waals surface area contributed by atoms with Crippen molar-refractivity contribution in [2.24, 2.45) is 0 Å². The van der Waals surface area contributed by atoms with E-state index >= 15 is 0 Å². The first kappa shape index (κ1) is 12.8. The SMILES string of the molecule is Nc1ncccc1CN1CCC2(CC1)C[C@H](O)CO2. The molecule has 0 radical (unpaired) electrons.